The van der Waals surface area contributed by atoms with Crippen LogP contribution in [-0.2, 0) is 11.2 Å². The maximum atomic E-state index is 14.0. The number of nitrogens with one attached hydrogen (secondary N) is 2. The fraction of sp³-hybridized carbons (Fsp3) is 0.562. The van der Waals surface area contributed by atoms with E-state index in [0.717, 1.165) is 37.3 Å². The Morgan fingerprint density at radius 1 is 1.02 bits per heavy atom. The summed E-state index contributed by atoms with van der Waals surface area (Å²) in [4.78, 5) is 28.6. The Kier molecular flexibility index (Phi) is 12.7. The summed E-state index contributed by atoms with van der Waals surface area (Å²) in [6.45, 7) is 10.4. The number of hydrogen-bond donors (Lipinski definition) is 3. The Labute approximate surface area is 242 Å². The van der Waals surface area contributed by atoms with E-state index < -0.39 is 29.7 Å². The standard InChI is InChI=1S/C32H45F2N3O4/c1-5-10-37(11-6-2)32(40)24-14-21(4)13-23(18-24)31(39)36-29(17-22-15-25(33)19-26(34)16-22)30(38)28-20-27(8-9-35-28)41-12-7-3/h13-16,18-19,27-30,35,38H,5-12,17,20H2,1-4H3,(H,36,39). The highest BCUT2D eigenvalue weighted by atomic mass is 19.1. The van der Waals surface area contributed by atoms with E-state index in [-0.39, 0.29) is 30.0 Å². The molecule has 2 aromatic carbocycles. The van der Waals surface area contributed by atoms with E-state index in [1.165, 1.54) is 12.1 Å². The molecule has 2 amide bonds. The maximum Gasteiger partial charge on any atom is 0.253 e. The van der Waals surface area contributed by atoms with Crippen molar-refractivity contribution in [1.29, 1.82) is 0 Å². The highest BCUT2D eigenvalue weighted by Gasteiger charge is 2.34. The van der Waals surface area contributed by atoms with E-state index in [1.54, 1.807) is 23.1 Å². The average Bonchev–Trinajstić information content (AvgIpc) is 2.94. The topological polar surface area (TPSA) is 90.9 Å². The summed E-state index contributed by atoms with van der Waals surface area (Å²) in [7, 11) is 0. The van der Waals surface area contributed by atoms with Gasteiger partial charge in [-0.25, -0.2) is 8.78 Å². The van der Waals surface area contributed by atoms with Gasteiger partial charge in [0, 0.05) is 42.9 Å². The SMILES string of the molecule is CCCOC1CCNC(C(O)C(Cc2cc(F)cc(F)c2)NC(=O)c2cc(C)cc(C(=O)N(CCC)CCC)c2)C1. The van der Waals surface area contributed by atoms with Crippen LogP contribution in [0, 0.1) is 18.6 Å². The molecule has 9 heteroatoms. The zero-order chi connectivity index (χ0) is 29.9. The highest BCUT2D eigenvalue weighted by molar-refractivity contribution is 6.00. The molecule has 1 aliphatic rings. The highest BCUT2D eigenvalue weighted by Crippen LogP contribution is 2.21. The summed E-state index contributed by atoms with van der Waals surface area (Å²) in [5, 5.41) is 17.7. The van der Waals surface area contributed by atoms with Crippen molar-refractivity contribution >= 4 is 11.8 Å². The molecule has 7 nitrogen and oxygen atoms in total. The van der Waals surface area contributed by atoms with Crippen LogP contribution in [0.1, 0.15) is 84.7 Å². The second-order valence-corrected chi connectivity index (χ2v) is 11.0. The predicted octanol–water partition coefficient (Wildman–Crippen LogP) is 4.78. The van der Waals surface area contributed by atoms with Gasteiger partial charge in [-0.1, -0.05) is 20.8 Å². The van der Waals surface area contributed by atoms with Crippen molar-refractivity contribution in [2.24, 2.45) is 0 Å². The van der Waals surface area contributed by atoms with Gasteiger partial charge in [0.1, 0.15) is 11.6 Å². The third kappa shape index (κ3) is 9.58. The van der Waals surface area contributed by atoms with Crippen molar-refractivity contribution in [2.45, 2.75) is 90.5 Å². The number of rotatable bonds is 14. The number of ether oxygens (including phenoxy) is 1. The molecule has 2 aromatic rings. The predicted molar refractivity (Wildman–Crippen MR) is 156 cm³/mol. The first-order chi connectivity index (χ1) is 19.6. The molecule has 4 unspecified atom stereocenters. The molecule has 1 saturated heterocycles. The van der Waals surface area contributed by atoms with Gasteiger partial charge in [-0.05, 0) is 93.5 Å². The minimum atomic E-state index is -1.06. The number of carbonyl (C=O) groups is 2. The van der Waals surface area contributed by atoms with Gasteiger partial charge >= 0.3 is 0 Å². The van der Waals surface area contributed by atoms with Crippen molar-refractivity contribution < 1.29 is 28.2 Å². The Bertz CT molecular complexity index is 1140. The number of carbonyl (C=O) groups excluding carboxylic acids is 2. The van der Waals surface area contributed by atoms with Gasteiger partial charge in [0.05, 0.1) is 18.2 Å². The Morgan fingerprint density at radius 2 is 1.68 bits per heavy atom. The Hall–Kier alpha value is -2.88. The molecule has 226 valence electrons. The molecule has 4 atom stereocenters. The van der Waals surface area contributed by atoms with Crippen molar-refractivity contribution in [2.75, 3.05) is 26.2 Å². The first-order valence-electron chi connectivity index (χ1n) is 14.8. The molecule has 0 bridgehead atoms. The van der Waals surface area contributed by atoms with Crippen LogP contribution in [0.5, 0.6) is 0 Å². The van der Waals surface area contributed by atoms with Crippen LogP contribution < -0.4 is 10.6 Å². The largest absolute Gasteiger partial charge is 0.389 e. The van der Waals surface area contributed by atoms with Gasteiger partial charge in [0.2, 0.25) is 0 Å². The third-order valence-electron chi connectivity index (χ3n) is 7.33. The minimum absolute atomic E-state index is 0.0125. The molecule has 3 rings (SSSR count). The van der Waals surface area contributed by atoms with Crippen LogP contribution in [0.4, 0.5) is 8.78 Å². The summed E-state index contributed by atoms with van der Waals surface area (Å²) in [6.07, 6.45) is 2.80. The van der Waals surface area contributed by atoms with Crippen LogP contribution in [0.15, 0.2) is 36.4 Å². The lowest BCUT2D eigenvalue weighted by atomic mass is 9.90. The van der Waals surface area contributed by atoms with Gasteiger partial charge in [-0.15, -0.1) is 0 Å². The second-order valence-electron chi connectivity index (χ2n) is 11.0. The lowest BCUT2D eigenvalue weighted by molar-refractivity contribution is -0.00737. The number of aryl methyl sites for hydroxylation is 1. The molecule has 41 heavy (non-hydrogen) atoms. The summed E-state index contributed by atoms with van der Waals surface area (Å²) in [5.74, 6) is -2.07. The molecule has 0 spiro atoms. The summed E-state index contributed by atoms with van der Waals surface area (Å²) in [6, 6.07) is 6.98. The van der Waals surface area contributed by atoms with E-state index in [1.807, 2.05) is 27.7 Å². The number of piperidine rings is 1. The quantitative estimate of drug-likeness (QED) is 0.303. The van der Waals surface area contributed by atoms with Crippen molar-refractivity contribution in [3.63, 3.8) is 0 Å². The van der Waals surface area contributed by atoms with Crippen LogP contribution in [0.2, 0.25) is 0 Å². The number of aliphatic hydroxyl groups excluding tert-OH is 1. The van der Waals surface area contributed by atoms with E-state index in [0.29, 0.717) is 43.8 Å². The van der Waals surface area contributed by atoms with Crippen LogP contribution in [0.25, 0.3) is 0 Å². The van der Waals surface area contributed by atoms with E-state index in [2.05, 4.69) is 10.6 Å². The first-order valence-corrected chi connectivity index (χ1v) is 14.8. The lowest BCUT2D eigenvalue weighted by Gasteiger charge is -2.37. The first kappa shape index (κ1) is 32.6. The fourth-order valence-corrected chi connectivity index (χ4v) is 5.46. The van der Waals surface area contributed by atoms with Gasteiger partial charge in [0.15, 0.2) is 0 Å². The molecule has 1 fully saturated rings. The van der Waals surface area contributed by atoms with Gasteiger partial charge in [0.25, 0.3) is 11.8 Å². The Morgan fingerprint density at radius 3 is 2.32 bits per heavy atom. The van der Waals surface area contributed by atoms with Crippen LogP contribution >= 0.6 is 0 Å². The lowest BCUT2D eigenvalue weighted by Crippen LogP contribution is -2.57. The van der Waals surface area contributed by atoms with E-state index >= 15 is 0 Å². The number of nitrogens with zero attached hydrogens (tertiary/aromatic N) is 1. The van der Waals surface area contributed by atoms with Crippen LogP contribution in [-0.4, -0.2) is 72.4 Å². The van der Waals surface area contributed by atoms with Crippen LogP contribution in [0.3, 0.4) is 0 Å². The zero-order valence-corrected chi connectivity index (χ0v) is 24.7. The average molecular weight is 574 g/mol. The normalized spacial score (nSPS) is 18.5. The van der Waals surface area contributed by atoms with E-state index in [9.17, 15) is 23.5 Å². The number of hydrogen-bond acceptors (Lipinski definition) is 5. The summed E-state index contributed by atoms with van der Waals surface area (Å²) >= 11 is 0. The van der Waals surface area contributed by atoms with Crippen molar-refractivity contribution in [1.82, 2.24) is 15.5 Å². The minimum Gasteiger partial charge on any atom is -0.389 e. The number of halogens is 2. The maximum absolute atomic E-state index is 14.0. The third-order valence-corrected chi connectivity index (χ3v) is 7.33. The van der Waals surface area contributed by atoms with Crippen molar-refractivity contribution in [3.05, 3.63) is 70.3 Å². The molecule has 0 aliphatic carbocycles. The summed E-state index contributed by atoms with van der Waals surface area (Å²) in [5.41, 5.74) is 1.77. The molecule has 0 saturated carbocycles. The Balaban J connectivity index is 1.87. The van der Waals surface area contributed by atoms with Gasteiger partial charge in [-0.3, -0.25) is 9.59 Å². The molecule has 0 radical (unpaired) electrons. The second kappa shape index (κ2) is 15.9. The summed E-state index contributed by atoms with van der Waals surface area (Å²) < 4.78 is 34.0. The zero-order valence-electron chi connectivity index (χ0n) is 24.7. The smallest absolute Gasteiger partial charge is 0.253 e. The number of aliphatic hydroxyl groups is 1. The van der Waals surface area contributed by atoms with Crippen molar-refractivity contribution in [3.8, 4) is 0 Å². The molecule has 0 aromatic heterocycles. The molecule has 1 heterocycles. The van der Waals surface area contributed by atoms with E-state index in [4.69, 9.17) is 4.74 Å². The molecule has 1 aliphatic heterocycles. The number of benzene rings is 2. The van der Waals surface area contributed by atoms with Gasteiger partial charge < -0.3 is 25.4 Å². The van der Waals surface area contributed by atoms with Gasteiger partial charge in [-0.2, -0.15) is 0 Å². The molecule has 3 N–H and O–H groups in total. The fourth-order valence-electron chi connectivity index (χ4n) is 5.46. The number of amides is 2. The molecular weight excluding hydrogens is 528 g/mol. The molecular formula is C32H45F2N3O4. The monoisotopic (exact) mass is 573 g/mol.